The fraction of sp³-hybridized carbons (Fsp3) is 0.176. The predicted octanol–water partition coefficient (Wildman–Crippen LogP) is 4.33. The molecule has 0 fully saturated rings. The third kappa shape index (κ3) is 5.27. The van der Waals surface area contributed by atoms with Crippen LogP contribution in [0.1, 0.15) is 18.9 Å². The van der Waals surface area contributed by atoms with Crippen molar-refractivity contribution in [1.82, 2.24) is 5.43 Å². The summed E-state index contributed by atoms with van der Waals surface area (Å²) >= 11 is 11.9. The topological polar surface area (TPSA) is 53.5 Å². The number of halogens is 2. The summed E-state index contributed by atoms with van der Waals surface area (Å²) in [5.41, 5.74) is 4.09. The first-order valence-corrected chi connectivity index (χ1v) is 7.95. The van der Waals surface area contributed by atoms with Gasteiger partial charge in [-0.15, -0.1) is 0 Å². The molecule has 0 saturated heterocycles. The number of nitrogens with one attached hydrogen (secondary N) is 2. The van der Waals surface area contributed by atoms with Gasteiger partial charge in [0.2, 0.25) is 0 Å². The van der Waals surface area contributed by atoms with Gasteiger partial charge in [0.05, 0.1) is 11.2 Å². The minimum atomic E-state index is -0.366. The van der Waals surface area contributed by atoms with E-state index in [2.05, 4.69) is 15.8 Å². The van der Waals surface area contributed by atoms with Crippen LogP contribution in [0.15, 0.2) is 53.6 Å². The van der Waals surface area contributed by atoms with Gasteiger partial charge < -0.3 is 5.32 Å². The molecule has 0 aliphatic rings. The van der Waals surface area contributed by atoms with Crippen molar-refractivity contribution in [1.29, 1.82) is 0 Å². The van der Waals surface area contributed by atoms with Crippen LogP contribution in [0, 0.1) is 0 Å². The molecule has 0 aliphatic heterocycles. The number of benzene rings is 2. The summed E-state index contributed by atoms with van der Waals surface area (Å²) in [6, 6.07) is 14.3. The lowest BCUT2D eigenvalue weighted by Crippen LogP contribution is -2.36. The molecule has 4 nitrogen and oxygen atoms in total. The second kappa shape index (κ2) is 8.56. The lowest BCUT2D eigenvalue weighted by molar-refractivity contribution is -0.121. The molecule has 2 aromatic rings. The summed E-state index contributed by atoms with van der Waals surface area (Å²) in [5, 5.41) is 8.14. The fourth-order valence-corrected chi connectivity index (χ4v) is 2.40. The molecule has 120 valence electrons. The quantitative estimate of drug-likeness (QED) is 0.602. The van der Waals surface area contributed by atoms with Gasteiger partial charge in [-0.2, -0.15) is 5.10 Å². The monoisotopic (exact) mass is 349 g/mol. The zero-order valence-electron chi connectivity index (χ0n) is 12.6. The number of hydrazone groups is 1. The summed E-state index contributed by atoms with van der Waals surface area (Å²) in [6.45, 7) is 1.93. The van der Waals surface area contributed by atoms with Gasteiger partial charge in [-0.05, 0) is 30.7 Å². The van der Waals surface area contributed by atoms with E-state index in [9.17, 15) is 4.79 Å². The molecule has 1 unspecified atom stereocenters. The lowest BCUT2D eigenvalue weighted by Gasteiger charge is -2.16. The molecule has 0 aliphatic carbocycles. The molecule has 0 radical (unpaired) electrons. The molecule has 1 amide bonds. The summed E-state index contributed by atoms with van der Waals surface area (Å²) in [5.74, 6) is -0.210. The molecule has 2 N–H and O–H groups in total. The molecular formula is C17H17Cl2N3O. The number of carbonyl (C=O) groups excluding carboxylic acids is 1. The third-order valence-corrected chi connectivity index (χ3v) is 3.74. The van der Waals surface area contributed by atoms with Crippen LogP contribution in [0.2, 0.25) is 10.0 Å². The van der Waals surface area contributed by atoms with E-state index in [-0.39, 0.29) is 11.9 Å². The zero-order valence-corrected chi connectivity index (χ0v) is 14.1. The molecule has 2 rings (SSSR count). The van der Waals surface area contributed by atoms with Gasteiger partial charge in [-0.3, -0.25) is 4.79 Å². The Morgan fingerprint density at radius 3 is 2.61 bits per heavy atom. The standard InChI is InChI=1S/C17H17Cl2N3O/c1-2-16(21-14-6-4-3-5-7-14)17(23)22-20-11-12-8-9-13(18)10-15(12)19/h3-11,16,21H,2H2,1H3,(H,22,23). The van der Waals surface area contributed by atoms with Crippen molar-refractivity contribution in [3.05, 3.63) is 64.1 Å². The molecular weight excluding hydrogens is 333 g/mol. The van der Waals surface area contributed by atoms with Crippen LogP contribution in [0.5, 0.6) is 0 Å². The van der Waals surface area contributed by atoms with E-state index in [1.165, 1.54) is 6.21 Å². The van der Waals surface area contributed by atoms with Gasteiger partial charge in [-0.25, -0.2) is 5.43 Å². The number of para-hydroxylation sites is 1. The maximum absolute atomic E-state index is 12.2. The van der Waals surface area contributed by atoms with Crippen molar-refractivity contribution in [2.75, 3.05) is 5.32 Å². The molecule has 6 heteroatoms. The first-order valence-electron chi connectivity index (χ1n) is 7.19. The molecule has 0 bridgehead atoms. The van der Waals surface area contributed by atoms with Crippen LogP contribution < -0.4 is 10.7 Å². The van der Waals surface area contributed by atoms with Crippen LogP contribution >= 0.6 is 23.2 Å². The Hall–Kier alpha value is -2.04. The summed E-state index contributed by atoms with van der Waals surface area (Å²) in [4.78, 5) is 12.2. The summed E-state index contributed by atoms with van der Waals surface area (Å²) in [6.07, 6.45) is 2.13. The number of hydrogen-bond donors (Lipinski definition) is 2. The summed E-state index contributed by atoms with van der Waals surface area (Å²) < 4.78 is 0. The van der Waals surface area contributed by atoms with E-state index in [1.54, 1.807) is 18.2 Å². The predicted molar refractivity (Wildman–Crippen MR) is 96.3 cm³/mol. The Balaban J connectivity index is 1.95. The summed E-state index contributed by atoms with van der Waals surface area (Å²) in [7, 11) is 0. The van der Waals surface area contributed by atoms with Crippen LogP contribution in [-0.4, -0.2) is 18.2 Å². The van der Waals surface area contributed by atoms with Crippen molar-refractivity contribution in [2.45, 2.75) is 19.4 Å². The van der Waals surface area contributed by atoms with E-state index >= 15 is 0 Å². The van der Waals surface area contributed by atoms with Crippen molar-refractivity contribution in [3.63, 3.8) is 0 Å². The van der Waals surface area contributed by atoms with Gasteiger partial charge in [0, 0.05) is 16.3 Å². The van der Waals surface area contributed by atoms with E-state index in [1.807, 2.05) is 37.3 Å². The molecule has 1 atom stereocenters. The molecule has 0 aromatic heterocycles. The van der Waals surface area contributed by atoms with E-state index < -0.39 is 0 Å². The zero-order chi connectivity index (χ0) is 16.7. The maximum atomic E-state index is 12.2. The molecule has 0 heterocycles. The Morgan fingerprint density at radius 2 is 1.96 bits per heavy atom. The van der Waals surface area contributed by atoms with Crippen molar-refractivity contribution in [3.8, 4) is 0 Å². The van der Waals surface area contributed by atoms with Gasteiger partial charge in [0.25, 0.3) is 5.91 Å². The molecule has 0 saturated carbocycles. The van der Waals surface area contributed by atoms with Crippen molar-refractivity contribution < 1.29 is 4.79 Å². The Bertz CT molecular complexity index is 689. The van der Waals surface area contributed by atoms with Crippen molar-refractivity contribution >= 4 is 41.0 Å². The van der Waals surface area contributed by atoms with Crippen LogP contribution in [0.4, 0.5) is 5.69 Å². The number of anilines is 1. The third-order valence-electron chi connectivity index (χ3n) is 3.18. The van der Waals surface area contributed by atoms with Crippen molar-refractivity contribution in [2.24, 2.45) is 5.10 Å². The van der Waals surface area contributed by atoms with Gasteiger partial charge in [0.15, 0.2) is 0 Å². The SMILES string of the molecule is CCC(Nc1ccccc1)C(=O)NN=Cc1ccc(Cl)cc1Cl. The Labute approximate surface area is 145 Å². The molecule has 0 spiro atoms. The highest BCUT2D eigenvalue weighted by Gasteiger charge is 2.15. The maximum Gasteiger partial charge on any atom is 0.262 e. The smallest absolute Gasteiger partial charge is 0.262 e. The minimum Gasteiger partial charge on any atom is -0.374 e. The highest BCUT2D eigenvalue weighted by molar-refractivity contribution is 6.36. The number of nitrogens with zero attached hydrogens (tertiary/aromatic N) is 1. The highest BCUT2D eigenvalue weighted by Crippen LogP contribution is 2.19. The second-order valence-corrected chi connectivity index (χ2v) is 5.71. The number of hydrogen-bond acceptors (Lipinski definition) is 3. The average molecular weight is 350 g/mol. The first-order chi connectivity index (χ1) is 11.1. The second-order valence-electron chi connectivity index (χ2n) is 4.87. The molecule has 2 aromatic carbocycles. The number of carbonyl (C=O) groups is 1. The van der Waals surface area contributed by atoms with E-state index in [4.69, 9.17) is 23.2 Å². The molecule has 23 heavy (non-hydrogen) atoms. The van der Waals surface area contributed by atoms with Gasteiger partial charge in [0.1, 0.15) is 6.04 Å². The van der Waals surface area contributed by atoms with Crippen LogP contribution in [-0.2, 0) is 4.79 Å². The van der Waals surface area contributed by atoms with Gasteiger partial charge in [-0.1, -0.05) is 54.4 Å². The normalized spacial score (nSPS) is 12.1. The van der Waals surface area contributed by atoms with Crippen LogP contribution in [0.3, 0.4) is 0 Å². The van der Waals surface area contributed by atoms with E-state index in [0.29, 0.717) is 22.0 Å². The Morgan fingerprint density at radius 1 is 1.22 bits per heavy atom. The largest absolute Gasteiger partial charge is 0.374 e. The lowest BCUT2D eigenvalue weighted by atomic mass is 10.2. The minimum absolute atomic E-state index is 0.210. The average Bonchev–Trinajstić information content (AvgIpc) is 2.55. The van der Waals surface area contributed by atoms with Crippen LogP contribution in [0.25, 0.3) is 0 Å². The number of rotatable bonds is 6. The highest BCUT2D eigenvalue weighted by atomic mass is 35.5. The first kappa shape index (κ1) is 17.3. The number of amides is 1. The van der Waals surface area contributed by atoms with E-state index in [0.717, 1.165) is 5.69 Å². The fourth-order valence-electron chi connectivity index (χ4n) is 1.94. The van der Waals surface area contributed by atoms with Gasteiger partial charge >= 0.3 is 0 Å². The Kier molecular flexibility index (Phi) is 6.44.